The van der Waals surface area contributed by atoms with Crippen LogP contribution in [0.3, 0.4) is 0 Å². The number of nitrogens with one attached hydrogen (secondary N) is 2. The molecular formula is C9H6ClN5OS. The molecule has 2 heterocycles. The van der Waals surface area contributed by atoms with Crippen LogP contribution in [-0.4, -0.2) is 14.3 Å². The van der Waals surface area contributed by atoms with Crippen molar-refractivity contribution in [3.8, 4) is 6.07 Å². The second-order valence-electron chi connectivity index (χ2n) is 3.13. The van der Waals surface area contributed by atoms with E-state index in [1.165, 1.54) is 0 Å². The predicted octanol–water partition coefficient (Wildman–Crippen LogP) is 1.80. The van der Waals surface area contributed by atoms with Crippen LogP contribution in [0.5, 0.6) is 0 Å². The average molecular weight is 268 g/mol. The first-order chi connectivity index (χ1) is 8.10. The van der Waals surface area contributed by atoms with Crippen LogP contribution in [0.15, 0.2) is 10.9 Å². The van der Waals surface area contributed by atoms with Crippen LogP contribution >= 0.6 is 23.1 Å². The van der Waals surface area contributed by atoms with E-state index in [2.05, 4.69) is 19.7 Å². The number of aryl methyl sites for hydroxylation is 1. The van der Waals surface area contributed by atoms with Gasteiger partial charge in [-0.05, 0) is 24.5 Å². The van der Waals surface area contributed by atoms with Gasteiger partial charge in [-0.25, -0.2) is 9.97 Å². The van der Waals surface area contributed by atoms with Gasteiger partial charge in [-0.3, -0.25) is 9.17 Å². The van der Waals surface area contributed by atoms with Gasteiger partial charge in [0.25, 0.3) is 5.56 Å². The summed E-state index contributed by atoms with van der Waals surface area (Å²) in [6.45, 7) is 1.77. The molecule has 0 saturated heterocycles. The lowest BCUT2D eigenvalue weighted by Crippen LogP contribution is -2.04. The minimum atomic E-state index is -0.432. The summed E-state index contributed by atoms with van der Waals surface area (Å²) in [5.41, 5.74) is 0.267. The average Bonchev–Trinajstić information content (AvgIpc) is 2.57. The Morgan fingerprint density at radius 1 is 1.59 bits per heavy atom. The quantitative estimate of drug-likeness (QED) is 0.809. The molecule has 0 amide bonds. The van der Waals surface area contributed by atoms with Crippen LogP contribution in [0.4, 0.5) is 10.9 Å². The number of halogens is 1. The molecule has 0 spiro atoms. The lowest BCUT2D eigenvalue weighted by atomic mass is 10.4. The smallest absolute Gasteiger partial charge is 0.278 e. The van der Waals surface area contributed by atoms with Gasteiger partial charge in [0.2, 0.25) is 5.95 Å². The molecule has 17 heavy (non-hydrogen) atoms. The number of aromatic nitrogens is 3. The van der Waals surface area contributed by atoms with Gasteiger partial charge in [0.1, 0.15) is 16.2 Å². The normalized spacial score (nSPS) is 9.94. The Morgan fingerprint density at radius 2 is 2.35 bits per heavy atom. The van der Waals surface area contributed by atoms with Crippen LogP contribution in [0.1, 0.15) is 11.3 Å². The third-order valence-corrected chi connectivity index (χ3v) is 2.85. The second kappa shape index (κ2) is 4.53. The van der Waals surface area contributed by atoms with Crippen molar-refractivity contribution >= 4 is 34.1 Å². The number of nitriles is 1. The molecule has 0 aromatic carbocycles. The zero-order valence-corrected chi connectivity index (χ0v) is 10.2. The molecule has 0 fully saturated rings. The van der Waals surface area contributed by atoms with E-state index in [9.17, 15) is 4.79 Å². The van der Waals surface area contributed by atoms with E-state index < -0.39 is 5.56 Å². The highest BCUT2D eigenvalue weighted by molar-refractivity contribution is 7.10. The number of H-pyrrole nitrogens is 1. The van der Waals surface area contributed by atoms with E-state index in [1.807, 2.05) is 6.07 Å². The van der Waals surface area contributed by atoms with E-state index in [0.29, 0.717) is 15.8 Å². The molecule has 6 nitrogen and oxygen atoms in total. The highest BCUT2D eigenvalue weighted by Crippen LogP contribution is 2.20. The monoisotopic (exact) mass is 267 g/mol. The molecule has 2 rings (SSSR count). The van der Waals surface area contributed by atoms with Gasteiger partial charge in [-0.1, -0.05) is 11.6 Å². The molecule has 0 atom stereocenters. The van der Waals surface area contributed by atoms with Gasteiger partial charge in [-0.15, -0.1) is 0 Å². The summed E-state index contributed by atoms with van der Waals surface area (Å²) in [5.74, 6) is 0.252. The largest absolute Gasteiger partial charge is 0.313 e. The predicted molar refractivity (Wildman–Crippen MR) is 64.7 cm³/mol. The molecule has 0 bridgehead atoms. The first-order valence-electron chi connectivity index (χ1n) is 4.50. The first-order valence-corrected chi connectivity index (χ1v) is 5.69. The zero-order chi connectivity index (χ0) is 12.4. The zero-order valence-electron chi connectivity index (χ0n) is 8.61. The highest BCUT2D eigenvalue weighted by Gasteiger charge is 2.11. The Kier molecular flexibility index (Phi) is 3.08. The van der Waals surface area contributed by atoms with Crippen molar-refractivity contribution in [2.24, 2.45) is 0 Å². The van der Waals surface area contributed by atoms with E-state index in [-0.39, 0.29) is 11.5 Å². The maximum atomic E-state index is 11.2. The standard InChI is InChI=1S/C9H6ClN5OS/c1-4-2-6(10)13-9(12-4)14-8-5(3-11)7(16)15-17-8/h2H,1H3,(H,15,16)(H,12,13,14). The van der Waals surface area contributed by atoms with Crippen LogP contribution in [0.2, 0.25) is 5.15 Å². The maximum Gasteiger partial charge on any atom is 0.278 e. The number of hydrogen-bond donors (Lipinski definition) is 2. The minimum absolute atomic E-state index is 0.0104. The summed E-state index contributed by atoms with van der Waals surface area (Å²) < 4.78 is 2.45. The Bertz CT molecular complexity index is 636. The number of nitrogens with zero attached hydrogens (tertiary/aromatic N) is 3. The van der Waals surface area contributed by atoms with Crippen LogP contribution in [0.25, 0.3) is 0 Å². The second-order valence-corrected chi connectivity index (χ2v) is 4.33. The SMILES string of the molecule is Cc1cc(Cl)nc(Nc2s[nH]c(=O)c2C#N)n1. The molecule has 8 heteroatoms. The molecule has 0 aliphatic carbocycles. The topological polar surface area (TPSA) is 94.5 Å². The van der Waals surface area contributed by atoms with Crippen molar-refractivity contribution < 1.29 is 0 Å². The van der Waals surface area contributed by atoms with E-state index >= 15 is 0 Å². The summed E-state index contributed by atoms with van der Waals surface area (Å²) in [4.78, 5) is 19.2. The summed E-state index contributed by atoms with van der Waals surface area (Å²) in [6, 6.07) is 3.42. The molecule has 2 N–H and O–H groups in total. The fourth-order valence-electron chi connectivity index (χ4n) is 1.18. The first kappa shape index (κ1) is 11.6. The lowest BCUT2D eigenvalue weighted by Gasteiger charge is -2.02. The van der Waals surface area contributed by atoms with E-state index in [4.69, 9.17) is 16.9 Å². The molecule has 86 valence electrons. The van der Waals surface area contributed by atoms with E-state index in [0.717, 1.165) is 11.5 Å². The van der Waals surface area contributed by atoms with Crippen molar-refractivity contribution in [1.29, 1.82) is 5.26 Å². The molecule has 0 aliphatic heterocycles. The summed E-state index contributed by atoms with van der Waals surface area (Å²) in [7, 11) is 0. The van der Waals surface area contributed by atoms with Crippen LogP contribution in [0, 0.1) is 18.3 Å². The summed E-state index contributed by atoms with van der Waals surface area (Å²) in [5, 5.41) is 12.3. The fraction of sp³-hybridized carbons (Fsp3) is 0.111. The van der Waals surface area contributed by atoms with Crippen molar-refractivity contribution in [3.05, 3.63) is 32.8 Å². The van der Waals surface area contributed by atoms with Crippen molar-refractivity contribution in [3.63, 3.8) is 0 Å². The molecule has 0 saturated carbocycles. The van der Waals surface area contributed by atoms with Crippen molar-refractivity contribution in [2.45, 2.75) is 6.92 Å². The van der Waals surface area contributed by atoms with Crippen molar-refractivity contribution in [1.82, 2.24) is 14.3 Å². The lowest BCUT2D eigenvalue weighted by molar-refractivity contribution is 1.11. The molecular weight excluding hydrogens is 262 g/mol. The Labute approximate surface area is 105 Å². The fourth-order valence-corrected chi connectivity index (χ4v) is 2.10. The molecule has 0 radical (unpaired) electrons. The highest BCUT2D eigenvalue weighted by atomic mass is 35.5. The third kappa shape index (κ3) is 2.43. The molecule has 2 aromatic rings. The summed E-state index contributed by atoms with van der Waals surface area (Å²) in [6.07, 6.45) is 0. The number of aromatic amines is 1. The third-order valence-electron chi connectivity index (χ3n) is 1.86. The number of hydrogen-bond acceptors (Lipinski definition) is 6. The van der Waals surface area contributed by atoms with Gasteiger partial charge in [0, 0.05) is 5.69 Å². The number of rotatable bonds is 2. The number of anilines is 2. The van der Waals surface area contributed by atoms with E-state index in [1.54, 1.807) is 13.0 Å². The van der Waals surface area contributed by atoms with Gasteiger partial charge < -0.3 is 5.32 Å². The van der Waals surface area contributed by atoms with Gasteiger partial charge in [0.05, 0.1) is 0 Å². The molecule has 0 aliphatic rings. The minimum Gasteiger partial charge on any atom is -0.313 e. The Morgan fingerprint density at radius 3 is 3.00 bits per heavy atom. The summed E-state index contributed by atoms with van der Waals surface area (Å²) >= 11 is 6.79. The van der Waals surface area contributed by atoms with Crippen LogP contribution < -0.4 is 10.9 Å². The van der Waals surface area contributed by atoms with Gasteiger partial charge in [0.15, 0.2) is 5.56 Å². The maximum absolute atomic E-state index is 11.2. The van der Waals surface area contributed by atoms with Crippen LogP contribution in [-0.2, 0) is 0 Å². The molecule has 0 unspecified atom stereocenters. The Balaban J connectivity index is 2.38. The Hall–Kier alpha value is -1.91. The molecule has 2 aromatic heterocycles. The van der Waals surface area contributed by atoms with Crippen molar-refractivity contribution in [2.75, 3.05) is 5.32 Å². The van der Waals surface area contributed by atoms with Gasteiger partial charge >= 0.3 is 0 Å². The van der Waals surface area contributed by atoms with Gasteiger partial charge in [-0.2, -0.15) is 5.26 Å².